The molecular weight excluding hydrogens is 1530 g/mol. The molecule has 4 atom stereocenters. The van der Waals surface area contributed by atoms with Crippen molar-refractivity contribution in [2.75, 3.05) is 114 Å². The SMILES string of the molecule is CC(C)(C)OC(=O)N(C(=O)OC(C)(C)C)c1cc(C(F)F)c(B2OC(C)(C)C(C)(C)O2)cn1.CC(C)(C)OC(=O)N(C(=O)OC(C)(C)C)c1ncc(Br)c(C(F)F)n1.Clc1nc(N2CCOCC2)nc(N2C3CCC2COC3)n1.Nc1ncc(-c2nc(N3CCOCC3)nc(N3C4CCC3COC4)n2)c(C(F)F)n1. The van der Waals surface area contributed by atoms with Gasteiger partial charge in [0, 0.05) is 55.8 Å². The van der Waals surface area contributed by atoms with Crippen LogP contribution in [0.2, 0.25) is 5.28 Å². The molecule has 2 N–H and O–H groups in total. The van der Waals surface area contributed by atoms with Gasteiger partial charge in [0.1, 0.15) is 39.6 Å². The fourth-order valence-corrected chi connectivity index (χ4v) is 12.3. The summed E-state index contributed by atoms with van der Waals surface area (Å²) in [5, 5.41) is 0.257. The number of nitrogens with two attached hydrogens (primary N) is 1. The predicted molar refractivity (Wildman–Crippen MR) is 391 cm³/mol. The van der Waals surface area contributed by atoms with Gasteiger partial charge in [-0.2, -0.15) is 34.8 Å². The third kappa shape index (κ3) is 22.2. The van der Waals surface area contributed by atoms with E-state index >= 15 is 0 Å². The summed E-state index contributed by atoms with van der Waals surface area (Å²) in [5.41, 5.74) is -1.34. The summed E-state index contributed by atoms with van der Waals surface area (Å²) in [6.45, 7) is 34.3. The number of halogens is 8. The van der Waals surface area contributed by atoms with E-state index in [1.54, 1.807) is 111 Å². The fourth-order valence-electron chi connectivity index (χ4n) is 11.8. The van der Waals surface area contributed by atoms with Gasteiger partial charge in [0.25, 0.3) is 19.3 Å². The second kappa shape index (κ2) is 34.7. The first-order chi connectivity index (χ1) is 50.9. The number of aromatic nitrogens is 11. The third-order valence-electron chi connectivity index (χ3n) is 17.4. The van der Waals surface area contributed by atoms with Crippen LogP contribution in [0.4, 0.5) is 87.0 Å². The fraction of sp³-hybridized carbons (Fsp3) is 0.662. The highest BCUT2D eigenvalue weighted by molar-refractivity contribution is 9.10. The van der Waals surface area contributed by atoms with E-state index in [-0.39, 0.29) is 50.5 Å². The van der Waals surface area contributed by atoms with Gasteiger partial charge < -0.3 is 72.5 Å². The molecule has 5 aromatic heterocycles. The molecule has 7 aliphatic rings. The van der Waals surface area contributed by atoms with Gasteiger partial charge in [-0.1, -0.05) is 0 Å². The maximum atomic E-state index is 14.1. The minimum Gasteiger partial charge on any atom is -0.443 e. The average molecular weight is 1630 g/mol. The Hall–Kier alpha value is -8.02. The molecule has 0 radical (unpaired) electrons. The lowest BCUT2D eigenvalue weighted by Crippen LogP contribution is -2.47. The lowest BCUT2D eigenvalue weighted by atomic mass is 9.77. The van der Waals surface area contributed by atoms with Crippen molar-refractivity contribution >= 4 is 106 Å². The van der Waals surface area contributed by atoms with Crippen molar-refractivity contribution in [3.8, 4) is 11.4 Å². The normalized spacial score (nSPS) is 20.3. The summed E-state index contributed by atoms with van der Waals surface area (Å²) in [6.07, 6.45) is -5.62. The molecule has 5 aromatic rings. The number of imide groups is 2. The Bertz CT molecular complexity index is 3920. The Labute approximate surface area is 641 Å². The van der Waals surface area contributed by atoms with E-state index in [0.29, 0.717) is 98.4 Å². The van der Waals surface area contributed by atoms with Crippen LogP contribution in [0.25, 0.3) is 11.4 Å². The summed E-state index contributed by atoms with van der Waals surface area (Å²) in [4.78, 5) is 106. The topological polar surface area (TPSA) is 348 Å². The second-order valence-electron chi connectivity index (χ2n) is 31.0. The van der Waals surface area contributed by atoms with Gasteiger partial charge in [0.05, 0.1) is 98.3 Å². The van der Waals surface area contributed by atoms with Crippen LogP contribution >= 0.6 is 27.5 Å². The maximum absolute atomic E-state index is 14.1. The lowest BCUT2D eigenvalue weighted by molar-refractivity contribution is 0.00578. The number of hydrogen-bond acceptors (Lipinski definition) is 30. The van der Waals surface area contributed by atoms with Crippen LogP contribution in [-0.2, 0) is 47.2 Å². The van der Waals surface area contributed by atoms with Crippen LogP contribution < -0.4 is 40.6 Å². The number of nitrogens with zero attached hydrogens (tertiary/aromatic N) is 17. The summed E-state index contributed by atoms with van der Waals surface area (Å²) in [5.74, 6) is 1.20. The molecule has 7 fully saturated rings. The Morgan fingerprint density at radius 2 is 0.936 bits per heavy atom. The van der Waals surface area contributed by atoms with Gasteiger partial charge in [-0.3, -0.25) is 0 Å². The second-order valence-corrected chi connectivity index (χ2v) is 32.2. The van der Waals surface area contributed by atoms with Gasteiger partial charge in [-0.25, -0.2) is 70.4 Å². The van der Waals surface area contributed by atoms with E-state index in [1.165, 1.54) is 6.20 Å². The van der Waals surface area contributed by atoms with E-state index in [9.17, 15) is 45.5 Å². The first-order valence-corrected chi connectivity index (χ1v) is 36.5. The zero-order valence-electron chi connectivity index (χ0n) is 63.7. The molecule has 0 aliphatic carbocycles. The number of alkyl halides is 6. The first kappa shape index (κ1) is 85.0. The van der Waals surface area contributed by atoms with Crippen LogP contribution in [0.3, 0.4) is 0 Å². The number of hydrogen-bond donors (Lipinski definition) is 1. The van der Waals surface area contributed by atoms with Gasteiger partial charge >= 0.3 is 31.5 Å². The van der Waals surface area contributed by atoms with Crippen molar-refractivity contribution in [1.29, 1.82) is 0 Å². The lowest BCUT2D eigenvalue weighted by Gasteiger charge is -2.35. The molecular formula is C68H93BBrClF6N18O14. The molecule has 4 amide bonds. The van der Waals surface area contributed by atoms with Crippen LogP contribution in [-0.4, -0.2) is 223 Å². The number of rotatable bonds is 11. The van der Waals surface area contributed by atoms with Crippen molar-refractivity contribution in [3.63, 3.8) is 0 Å². The molecule has 598 valence electrons. The standard InChI is InChI=1S/C22H33BF2N2O6.C18H22F2N8O2.C15H20BrF2N3O4.C13H18ClN5O2/c1-19(2,3)30-17(28)27(18(29)31-20(4,5)6)15-11-13(16(24)25)14(12-26-15)23-32-21(7,8)22(9,10)33-23;19-14(20)13-12(7-22-16(21)23-13)15-24-17(27-3-5-29-6-4-27)26-18(25-15)28-10-1-2-11(28)9-30-8-10;1-14(2,3)24-12(22)21(13(23)25-15(4,5)6)11-19-7-8(16)9(20-11)10(17)18;14-11-15-12(18-3-5-20-6-4-18)17-13(16-11)19-9-1-2-10(19)8-21-7-9/h11-12,16H,1-10H3;7,10-11,14H,1-6,8-9H2,(H2,21,22,23);7,10H,1-6H3;9-10H,1-8H2. The molecule has 7 aliphatic heterocycles. The summed E-state index contributed by atoms with van der Waals surface area (Å²) < 4.78 is 136. The number of carbonyl (C=O) groups excluding carboxylic acids is 4. The van der Waals surface area contributed by atoms with E-state index < -0.39 is 107 Å². The maximum Gasteiger partial charge on any atom is 0.496 e. The number of nitrogen functional groups attached to an aromatic ring is 1. The zero-order valence-corrected chi connectivity index (χ0v) is 66.0. The number of carbonyl (C=O) groups is 4. The Morgan fingerprint density at radius 3 is 1.36 bits per heavy atom. The zero-order chi connectivity index (χ0) is 80.0. The van der Waals surface area contributed by atoms with Crippen molar-refractivity contribution in [2.45, 2.75) is 214 Å². The molecule has 32 nitrogen and oxygen atoms in total. The van der Waals surface area contributed by atoms with Gasteiger partial charge in [-0.15, -0.1) is 4.90 Å². The molecule has 109 heavy (non-hydrogen) atoms. The molecule has 0 aromatic carbocycles. The molecule has 4 bridgehead atoms. The minimum atomic E-state index is -2.96. The number of anilines is 7. The van der Waals surface area contributed by atoms with Crippen molar-refractivity contribution in [1.82, 2.24) is 54.8 Å². The van der Waals surface area contributed by atoms with Crippen LogP contribution in [0.1, 0.15) is 173 Å². The van der Waals surface area contributed by atoms with Crippen LogP contribution in [0.15, 0.2) is 29.1 Å². The third-order valence-corrected chi connectivity index (χ3v) is 18.2. The summed E-state index contributed by atoms with van der Waals surface area (Å²) >= 11 is 9.02. The number of fused-ring (bicyclic) bond motifs is 4. The van der Waals surface area contributed by atoms with Crippen molar-refractivity contribution in [3.05, 3.63) is 51.4 Å². The molecule has 12 rings (SSSR count). The number of amides is 4. The Morgan fingerprint density at radius 1 is 0.532 bits per heavy atom. The predicted octanol–water partition coefficient (Wildman–Crippen LogP) is 11.6. The quantitative estimate of drug-likeness (QED) is 0.0729. The van der Waals surface area contributed by atoms with Crippen LogP contribution in [0.5, 0.6) is 0 Å². The average Bonchev–Trinajstić information content (AvgIpc) is 1.63. The van der Waals surface area contributed by atoms with E-state index in [2.05, 4.69) is 80.5 Å². The van der Waals surface area contributed by atoms with Crippen molar-refractivity contribution in [2.24, 2.45) is 0 Å². The number of pyridine rings is 1. The van der Waals surface area contributed by atoms with E-state index in [1.807, 2.05) is 4.90 Å². The molecule has 0 spiro atoms. The minimum absolute atomic E-state index is 0.000674. The molecule has 0 saturated carbocycles. The monoisotopic (exact) mass is 1620 g/mol. The van der Waals surface area contributed by atoms with Gasteiger partial charge in [-0.05, 0) is 170 Å². The van der Waals surface area contributed by atoms with Crippen LogP contribution in [0, 0.1) is 0 Å². The Balaban J connectivity index is 0.000000169. The summed E-state index contributed by atoms with van der Waals surface area (Å²) in [7, 11) is -1.10. The number of ether oxygens (including phenoxy) is 8. The molecule has 12 heterocycles. The number of morpholine rings is 4. The van der Waals surface area contributed by atoms with E-state index in [4.69, 9.17) is 69.5 Å². The van der Waals surface area contributed by atoms with Crippen molar-refractivity contribution < 1.29 is 92.7 Å². The largest absolute Gasteiger partial charge is 0.496 e. The summed E-state index contributed by atoms with van der Waals surface area (Å²) in [6, 6.07) is 1.99. The molecule has 7 saturated heterocycles. The van der Waals surface area contributed by atoms with E-state index in [0.717, 1.165) is 70.4 Å². The highest BCUT2D eigenvalue weighted by Crippen LogP contribution is 2.40. The van der Waals surface area contributed by atoms with Gasteiger partial charge in [0.2, 0.25) is 41.0 Å². The van der Waals surface area contributed by atoms with Gasteiger partial charge in [0.15, 0.2) is 5.82 Å². The first-order valence-electron chi connectivity index (χ1n) is 35.3. The molecule has 4 unspecified atom stereocenters. The Kier molecular flexibility index (Phi) is 27.1. The highest BCUT2D eigenvalue weighted by Gasteiger charge is 2.53. The highest BCUT2D eigenvalue weighted by atomic mass is 79.9. The molecule has 41 heteroatoms. The smallest absolute Gasteiger partial charge is 0.443 e.